The highest BCUT2D eigenvalue weighted by molar-refractivity contribution is 7.16. The number of thiazole rings is 1. The molecule has 2 aliphatic heterocycles. The zero-order chi connectivity index (χ0) is 16.7. The van der Waals surface area contributed by atoms with Crippen LogP contribution >= 0.6 is 23.7 Å². The first-order valence-electron chi connectivity index (χ1n) is 8.02. The first-order chi connectivity index (χ1) is 11.7. The first kappa shape index (κ1) is 18.0. The molecule has 2 aromatic rings. The summed E-state index contributed by atoms with van der Waals surface area (Å²) in [5.41, 5.74) is 6.68. The summed E-state index contributed by atoms with van der Waals surface area (Å²) in [5, 5.41) is 0.805. The lowest BCUT2D eigenvalue weighted by molar-refractivity contribution is 0.0748. The third-order valence-corrected chi connectivity index (χ3v) is 5.63. The topological polar surface area (TPSA) is 77.7 Å². The Morgan fingerprint density at radius 1 is 1.40 bits per heavy atom. The largest absolute Gasteiger partial charge is 0.454 e. The number of amides is 1. The van der Waals surface area contributed by atoms with Gasteiger partial charge >= 0.3 is 0 Å². The fourth-order valence-corrected chi connectivity index (χ4v) is 4.14. The molecule has 6 nitrogen and oxygen atoms in total. The second kappa shape index (κ2) is 7.19. The van der Waals surface area contributed by atoms with Gasteiger partial charge in [0.25, 0.3) is 5.91 Å². The van der Waals surface area contributed by atoms with Gasteiger partial charge in [-0.1, -0.05) is 0 Å². The average Bonchev–Trinajstić information content (AvgIpc) is 3.32. The van der Waals surface area contributed by atoms with E-state index < -0.39 is 0 Å². The molecule has 0 aliphatic carbocycles. The number of carbonyl (C=O) groups is 1. The van der Waals surface area contributed by atoms with Crippen LogP contribution in [0.2, 0.25) is 0 Å². The fourth-order valence-electron chi connectivity index (χ4n) is 3.27. The number of fused-ring (bicyclic) bond motifs is 1. The number of likely N-dealkylation sites (tertiary alicyclic amines) is 1. The van der Waals surface area contributed by atoms with E-state index in [0.717, 1.165) is 35.0 Å². The molecule has 8 heteroatoms. The molecule has 2 atom stereocenters. The van der Waals surface area contributed by atoms with Crippen LogP contribution in [0.5, 0.6) is 11.5 Å². The van der Waals surface area contributed by atoms with E-state index in [1.54, 1.807) is 6.20 Å². The van der Waals surface area contributed by atoms with Crippen molar-refractivity contribution in [2.45, 2.75) is 19.4 Å². The van der Waals surface area contributed by atoms with E-state index in [-0.39, 0.29) is 31.1 Å². The van der Waals surface area contributed by atoms with Gasteiger partial charge in [-0.25, -0.2) is 4.98 Å². The molecule has 3 heterocycles. The maximum absolute atomic E-state index is 12.8. The lowest BCUT2D eigenvalue weighted by Crippen LogP contribution is -2.33. The van der Waals surface area contributed by atoms with Crippen molar-refractivity contribution in [3.05, 3.63) is 29.3 Å². The number of hydrogen-bond donors (Lipinski definition) is 1. The van der Waals surface area contributed by atoms with Crippen LogP contribution in [0.25, 0.3) is 10.6 Å². The smallest absolute Gasteiger partial charge is 0.265 e. The number of aromatic nitrogens is 1. The Labute approximate surface area is 156 Å². The molecule has 1 saturated heterocycles. The van der Waals surface area contributed by atoms with Crippen LogP contribution in [0.1, 0.15) is 23.0 Å². The minimum atomic E-state index is 0. The fraction of sp³-hybridized carbons (Fsp3) is 0.412. The second-order valence-electron chi connectivity index (χ2n) is 6.24. The van der Waals surface area contributed by atoms with Gasteiger partial charge in [0.15, 0.2) is 11.5 Å². The van der Waals surface area contributed by atoms with Crippen molar-refractivity contribution < 1.29 is 14.3 Å². The highest BCUT2D eigenvalue weighted by Gasteiger charge is 2.33. The standard InChI is InChI=1S/C17H19N3O3S.ClH/c1-10-4-11(6-18)8-20(10)17(21)15-7-19-16(24-15)12-2-3-13-14(5-12)23-9-22-13;/h2-3,5,7,10-11H,4,6,8-9,18H2,1H3;1H. The molecule has 2 aliphatic rings. The van der Waals surface area contributed by atoms with E-state index in [4.69, 9.17) is 15.2 Å². The second-order valence-corrected chi connectivity index (χ2v) is 7.27. The van der Waals surface area contributed by atoms with Gasteiger partial charge in [0.2, 0.25) is 6.79 Å². The van der Waals surface area contributed by atoms with E-state index in [2.05, 4.69) is 11.9 Å². The summed E-state index contributed by atoms with van der Waals surface area (Å²) in [7, 11) is 0. The molecule has 2 N–H and O–H groups in total. The van der Waals surface area contributed by atoms with Gasteiger partial charge in [0.05, 0.1) is 6.20 Å². The summed E-state index contributed by atoms with van der Waals surface area (Å²) in [5.74, 6) is 1.90. The normalized spacial score (nSPS) is 21.3. The summed E-state index contributed by atoms with van der Waals surface area (Å²) in [4.78, 5) is 19.8. The molecule has 1 fully saturated rings. The predicted molar refractivity (Wildman–Crippen MR) is 98.6 cm³/mol. The Balaban J connectivity index is 0.00000182. The number of benzene rings is 1. The number of rotatable bonds is 3. The Bertz CT molecular complexity index is 782. The monoisotopic (exact) mass is 381 g/mol. The van der Waals surface area contributed by atoms with Gasteiger partial charge in [0, 0.05) is 18.2 Å². The van der Waals surface area contributed by atoms with Crippen molar-refractivity contribution in [1.29, 1.82) is 0 Å². The van der Waals surface area contributed by atoms with Gasteiger partial charge in [-0.05, 0) is 44.0 Å². The van der Waals surface area contributed by atoms with Crippen molar-refractivity contribution in [3.8, 4) is 22.1 Å². The number of nitrogens with two attached hydrogens (primary N) is 1. The molecular weight excluding hydrogens is 362 g/mol. The van der Waals surface area contributed by atoms with Gasteiger partial charge < -0.3 is 20.1 Å². The van der Waals surface area contributed by atoms with Crippen molar-refractivity contribution in [3.63, 3.8) is 0 Å². The Morgan fingerprint density at radius 3 is 2.96 bits per heavy atom. The van der Waals surface area contributed by atoms with Crippen LogP contribution in [-0.2, 0) is 0 Å². The molecule has 0 saturated carbocycles. The van der Waals surface area contributed by atoms with Gasteiger partial charge in [0.1, 0.15) is 9.88 Å². The number of ether oxygens (including phenoxy) is 2. The first-order valence-corrected chi connectivity index (χ1v) is 8.84. The van der Waals surface area contributed by atoms with Crippen LogP contribution in [0.15, 0.2) is 24.4 Å². The zero-order valence-electron chi connectivity index (χ0n) is 13.8. The summed E-state index contributed by atoms with van der Waals surface area (Å²) in [6.45, 7) is 3.68. The molecule has 4 rings (SSSR count). The zero-order valence-corrected chi connectivity index (χ0v) is 15.4. The average molecular weight is 382 g/mol. The minimum absolute atomic E-state index is 0. The molecule has 134 valence electrons. The van der Waals surface area contributed by atoms with E-state index in [1.165, 1.54) is 11.3 Å². The maximum Gasteiger partial charge on any atom is 0.265 e. The third-order valence-electron chi connectivity index (χ3n) is 4.59. The molecule has 1 aromatic heterocycles. The minimum Gasteiger partial charge on any atom is -0.454 e. The van der Waals surface area contributed by atoms with Crippen LogP contribution < -0.4 is 15.2 Å². The molecule has 1 amide bonds. The quantitative estimate of drug-likeness (QED) is 0.884. The summed E-state index contributed by atoms with van der Waals surface area (Å²) in [6.07, 6.45) is 2.63. The SMILES string of the molecule is CC1CC(CN)CN1C(=O)c1cnc(-c2ccc3c(c2)OCO3)s1.Cl. The summed E-state index contributed by atoms with van der Waals surface area (Å²) >= 11 is 1.41. The number of carbonyl (C=O) groups excluding carboxylic acids is 1. The summed E-state index contributed by atoms with van der Waals surface area (Å²) < 4.78 is 10.7. The Hall–Kier alpha value is -1.83. The Morgan fingerprint density at radius 2 is 2.20 bits per heavy atom. The molecule has 1 aromatic carbocycles. The summed E-state index contributed by atoms with van der Waals surface area (Å²) in [6, 6.07) is 5.93. The highest BCUT2D eigenvalue weighted by atomic mass is 35.5. The maximum atomic E-state index is 12.8. The predicted octanol–water partition coefficient (Wildman–Crippen LogP) is 2.77. The van der Waals surface area contributed by atoms with E-state index >= 15 is 0 Å². The van der Waals surface area contributed by atoms with Crippen molar-refractivity contribution in [2.75, 3.05) is 19.9 Å². The Kier molecular flexibility index (Phi) is 5.17. The van der Waals surface area contributed by atoms with Crippen LogP contribution in [-0.4, -0.2) is 41.7 Å². The number of halogens is 1. The van der Waals surface area contributed by atoms with Crippen LogP contribution in [0.3, 0.4) is 0 Å². The van der Waals surface area contributed by atoms with Crippen LogP contribution in [0, 0.1) is 5.92 Å². The molecule has 2 unspecified atom stereocenters. The molecule has 0 spiro atoms. The third kappa shape index (κ3) is 3.31. The van der Waals surface area contributed by atoms with Crippen LogP contribution in [0.4, 0.5) is 0 Å². The van der Waals surface area contributed by atoms with Gasteiger partial charge in [-0.2, -0.15) is 0 Å². The van der Waals surface area contributed by atoms with Crippen molar-refractivity contribution in [2.24, 2.45) is 11.7 Å². The molecule has 0 bridgehead atoms. The van der Waals surface area contributed by atoms with E-state index in [9.17, 15) is 4.79 Å². The number of hydrogen-bond acceptors (Lipinski definition) is 6. The number of nitrogens with zero attached hydrogens (tertiary/aromatic N) is 2. The molecule has 0 radical (unpaired) electrons. The van der Waals surface area contributed by atoms with Crippen molar-refractivity contribution in [1.82, 2.24) is 9.88 Å². The lowest BCUT2D eigenvalue weighted by Gasteiger charge is -2.20. The van der Waals surface area contributed by atoms with Crippen molar-refractivity contribution >= 4 is 29.7 Å². The van der Waals surface area contributed by atoms with E-state index in [0.29, 0.717) is 17.3 Å². The molecular formula is C17H20ClN3O3S. The van der Waals surface area contributed by atoms with E-state index in [1.807, 2.05) is 23.1 Å². The lowest BCUT2D eigenvalue weighted by atomic mass is 10.1. The highest BCUT2D eigenvalue weighted by Crippen LogP contribution is 2.37. The van der Waals surface area contributed by atoms with Gasteiger partial charge in [-0.15, -0.1) is 23.7 Å². The van der Waals surface area contributed by atoms with Gasteiger partial charge in [-0.3, -0.25) is 4.79 Å². The molecule has 25 heavy (non-hydrogen) atoms.